The van der Waals surface area contributed by atoms with Gasteiger partial charge in [0.15, 0.2) is 12.2 Å². The van der Waals surface area contributed by atoms with Gasteiger partial charge in [-0.1, -0.05) is 65.5 Å². The molecule has 10 unspecified atom stereocenters. The van der Waals surface area contributed by atoms with Gasteiger partial charge in [-0.05, 0) is 116 Å². The molecule has 3 saturated carbocycles. The third-order valence-corrected chi connectivity index (χ3v) is 14.8. The highest BCUT2D eigenvalue weighted by atomic mass is 16.7. The van der Waals surface area contributed by atoms with Gasteiger partial charge in [-0.25, -0.2) is 4.79 Å². The number of ether oxygens (including phenoxy) is 7. The number of allylic oxidation sites excluding steroid dienone is 1. The zero-order valence-electron chi connectivity index (χ0n) is 37.7. The van der Waals surface area contributed by atoms with Crippen molar-refractivity contribution < 1.29 is 57.1 Å². The van der Waals surface area contributed by atoms with Gasteiger partial charge >= 0.3 is 30.0 Å². The summed E-state index contributed by atoms with van der Waals surface area (Å²) in [6, 6.07) is 6.41. The van der Waals surface area contributed by atoms with Gasteiger partial charge in [-0.3, -0.25) is 24.5 Å². The Morgan fingerprint density at radius 2 is 1.44 bits per heavy atom. The molecule has 0 aromatic heterocycles. The number of rotatable bonds is 14. The molecule has 61 heavy (non-hydrogen) atoms. The summed E-state index contributed by atoms with van der Waals surface area (Å²) in [7, 11) is 0. The Morgan fingerprint density at radius 1 is 0.770 bits per heavy atom. The normalized spacial score (nSPS) is 34.6. The summed E-state index contributed by atoms with van der Waals surface area (Å²) < 4.78 is 39.7. The molecular weight excluding hydrogens is 783 g/mol. The monoisotopic (exact) mass is 851 g/mol. The molecule has 0 bridgehead atoms. The number of hydrogen-bond donors (Lipinski definition) is 1. The number of benzene rings is 1. The minimum absolute atomic E-state index is 0.147. The topological polar surface area (TPSA) is 162 Å². The Labute approximate surface area is 361 Å². The average Bonchev–Trinajstić information content (AvgIpc) is 3.54. The fourth-order valence-electron chi connectivity index (χ4n) is 12.1. The third kappa shape index (κ3) is 10.7. The van der Waals surface area contributed by atoms with Crippen LogP contribution >= 0.6 is 0 Å². The molecule has 4 fully saturated rings. The number of nitrogens with one attached hydrogen (secondary N) is 1. The number of carbonyl (C=O) groups is 5. The molecule has 0 spiro atoms. The lowest BCUT2D eigenvalue weighted by atomic mass is 9.47. The standard InChI is InChI=1S/C48H69NO12/c1-27(2)11-10-12-28(3)38-19-20-39-37-18-13-33-25-36(21-23-47(33,8)40(37)22-24-48(38,39)9)60-46(54)49-34-14-16-35(17-15-34)59-45-44(58-32(7)53)43(57-31(6)52)42(56-30(5)51)41(61-45)26-55-29(4)50/h13-17,27-28,36-45H,10-12,18-26H2,1-9H3,(H,49,54)/t28?,36?,37?,38?,39?,40?,41?,42-,43-,44?,45+,47?,48?/m0/s1. The molecule has 1 aliphatic heterocycles. The molecule has 13 nitrogen and oxygen atoms in total. The second-order valence-corrected chi connectivity index (χ2v) is 19.4. The number of esters is 4. The number of hydrogen-bond acceptors (Lipinski definition) is 12. The zero-order chi connectivity index (χ0) is 44.2. The maximum Gasteiger partial charge on any atom is 0.411 e. The molecule has 13 heteroatoms. The molecule has 1 N–H and O–H groups in total. The van der Waals surface area contributed by atoms with Crippen LogP contribution in [0, 0.1) is 46.3 Å². The van der Waals surface area contributed by atoms with Crippen LogP contribution < -0.4 is 10.1 Å². The number of anilines is 1. The van der Waals surface area contributed by atoms with Gasteiger partial charge < -0.3 is 33.2 Å². The van der Waals surface area contributed by atoms with E-state index in [0.29, 0.717) is 17.0 Å². The fourth-order valence-corrected chi connectivity index (χ4v) is 12.1. The van der Waals surface area contributed by atoms with Crippen LogP contribution in [0.3, 0.4) is 0 Å². The van der Waals surface area contributed by atoms with Crippen LogP contribution in [0.2, 0.25) is 0 Å². The lowest BCUT2D eigenvalue weighted by molar-refractivity contribution is -0.288. The van der Waals surface area contributed by atoms with Crippen molar-refractivity contribution in [3.8, 4) is 5.75 Å². The van der Waals surface area contributed by atoms with Crippen molar-refractivity contribution in [2.24, 2.45) is 46.3 Å². The van der Waals surface area contributed by atoms with Crippen molar-refractivity contribution in [3.63, 3.8) is 0 Å². The van der Waals surface area contributed by atoms with E-state index in [2.05, 4.69) is 46.0 Å². The molecule has 0 radical (unpaired) electrons. The number of fused-ring (bicyclic) bond motifs is 5. The summed E-state index contributed by atoms with van der Waals surface area (Å²) in [5.41, 5.74) is 2.52. The van der Waals surface area contributed by atoms with Crippen LogP contribution in [0.1, 0.15) is 133 Å². The van der Waals surface area contributed by atoms with Gasteiger partial charge in [-0.2, -0.15) is 0 Å². The molecule has 1 aromatic carbocycles. The van der Waals surface area contributed by atoms with Gasteiger partial charge in [0.25, 0.3) is 0 Å². The van der Waals surface area contributed by atoms with Gasteiger partial charge in [0.1, 0.15) is 24.6 Å². The molecule has 1 saturated heterocycles. The molecular formula is C48H69NO12. The smallest absolute Gasteiger partial charge is 0.411 e. The van der Waals surface area contributed by atoms with Crippen LogP contribution in [-0.4, -0.2) is 73.4 Å². The van der Waals surface area contributed by atoms with Crippen LogP contribution in [0.5, 0.6) is 5.75 Å². The van der Waals surface area contributed by atoms with E-state index >= 15 is 0 Å². The molecule has 5 aliphatic rings. The predicted octanol–water partition coefficient (Wildman–Crippen LogP) is 9.11. The molecule has 1 aromatic rings. The zero-order valence-corrected chi connectivity index (χ0v) is 37.7. The maximum atomic E-state index is 13.3. The first-order valence-corrected chi connectivity index (χ1v) is 22.6. The summed E-state index contributed by atoms with van der Waals surface area (Å²) in [6.07, 6.45) is 8.33. The highest BCUT2D eigenvalue weighted by Crippen LogP contribution is 2.67. The Balaban J connectivity index is 1.06. The first-order valence-electron chi connectivity index (χ1n) is 22.6. The van der Waals surface area contributed by atoms with Crippen LogP contribution in [0.15, 0.2) is 35.9 Å². The number of amides is 1. The van der Waals surface area contributed by atoms with E-state index in [4.69, 9.17) is 33.2 Å². The van der Waals surface area contributed by atoms with Crippen molar-refractivity contribution in [2.75, 3.05) is 11.9 Å². The van der Waals surface area contributed by atoms with Crippen molar-refractivity contribution in [3.05, 3.63) is 35.9 Å². The molecule has 6 rings (SSSR count). The first kappa shape index (κ1) is 46.4. The highest BCUT2D eigenvalue weighted by Gasteiger charge is 2.59. The Bertz CT molecular complexity index is 1780. The van der Waals surface area contributed by atoms with Crippen molar-refractivity contribution in [1.29, 1.82) is 0 Å². The predicted molar refractivity (Wildman–Crippen MR) is 226 cm³/mol. The SMILES string of the molecule is CC(=O)OCC1O[C@@H](Oc2ccc(NC(=O)OC3CCC4(C)C(=CCC5C4CCC4(C)C(C(C)CCCC(C)C)CCC54)C3)cc2)C(OC(C)=O)[C@@H](OC(C)=O)[C@H]1OC(C)=O. The summed E-state index contributed by atoms with van der Waals surface area (Å²) in [5.74, 6) is 2.03. The molecule has 13 atom stereocenters. The van der Waals surface area contributed by atoms with Crippen molar-refractivity contribution >= 4 is 35.7 Å². The summed E-state index contributed by atoms with van der Waals surface area (Å²) >= 11 is 0. The van der Waals surface area contributed by atoms with E-state index in [1.54, 1.807) is 24.3 Å². The third-order valence-electron chi connectivity index (χ3n) is 14.8. The van der Waals surface area contributed by atoms with Gasteiger partial charge in [-0.15, -0.1) is 0 Å². The Kier molecular flexibility index (Phi) is 14.8. The fraction of sp³-hybridized carbons (Fsp3) is 0.729. The Morgan fingerprint density at radius 3 is 2.10 bits per heavy atom. The van der Waals surface area contributed by atoms with E-state index in [1.807, 2.05) is 0 Å². The summed E-state index contributed by atoms with van der Waals surface area (Å²) in [4.78, 5) is 61.4. The van der Waals surface area contributed by atoms with E-state index in [1.165, 1.54) is 57.4 Å². The first-order chi connectivity index (χ1) is 28.9. The minimum atomic E-state index is -1.38. The average molecular weight is 852 g/mol. The van der Waals surface area contributed by atoms with E-state index in [-0.39, 0.29) is 23.9 Å². The van der Waals surface area contributed by atoms with Crippen LogP contribution in [-0.2, 0) is 47.6 Å². The van der Waals surface area contributed by atoms with Gasteiger partial charge in [0, 0.05) is 39.8 Å². The summed E-state index contributed by atoms with van der Waals surface area (Å²) in [6.45, 7) is 16.6. The number of carbonyl (C=O) groups excluding carboxylic acids is 5. The Hall–Kier alpha value is -4.13. The van der Waals surface area contributed by atoms with Crippen molar-refractivity contribution in [1.82, 2.24) is 0 Å². The maximum absolute atomic E-state index is 13.3. The molecule has 1 heterocycles. The second-order valence-electron chi connectivity index (χ2n) is 19.4. The quantitative estimate of drug-likeness (QED) is 0.108. The minimum Gasteiger partial charge on any atom is -0.463 e. The largest absolute Gasteiger partial charge is 0.463 e. The lowest BCUT2D eigenvalue weighted by Crippen LogP contribution is -2.63. The molecule has 1 amide bonds. The summed E-state index contributed by atoms with van der Waals surface area (Å²) in [5, 5.41) is 2.84. The van der Waals surface area contributed by atoms with Gasteiger partial charge in [0.05, 0.1) is 0 Å². The van der Waals surface area contributed by atoms with E-state index in [9.17, 15) is 24.0 Å². The van der Waals surface area contributed by atoms with Crippen LogP contribution in [0.25, 0.3) is 0 Å². The van der Waals surface area contributed by atoms with Gasteiger partial charge in [0.2, 0.25) is 12.4 Å². The van der Waals surface area contributed by atoms with E-state index < -0.39 is 60.7 Å². The van der Waals surface area contributed by atoms with E-state index in [0.717, 1.165) is 76.0 Å². The van der Waals surface area contributed by atoms with Crippen molar-refractivity contribution in [2.45, 2.75) is 170 Å². The van der Waals surface area contributed by atoms with Crippen LogP contribution in [0.4, 0.5) is 10.5 Å². The molecule has 338 valence electrons. The second kappa shape index (κ2) is 19.5. The molecule has 4 aliphatic carbocycles. The lowest BCUT2D eigenvalue weighted by Gasteiger charge is -2.58. The highest BCUT2D eigenvalue weighted by molar-refractivity contribution is 5.84.